The van der Waals surface area contributed by atoms with Gasteiger partial charge in [-0.1, -0.05) is 25.5 Å². The molecule has 0 N–H and O–H groups in total. The van der Waals surface area contributed by atoms with Crippen molar-refractivity contribution in [3.63, 3.8) is 0 Å². The van der Waals surface area contributed by atoms with Gasteiger partial charge in [0.25, 0.3) is 0 Å². The van der Waals surface area contributed by atoms with Gasteiger partial charge < -0.3 is 4.43 Å². The summed E-state index contributed by atoms with van der Waals surface area (Å²) in [5, 5.41) is 0. The largest absolute Gasteiger partial charge is 0.402 e. The molecule has 1 atom stereocenters. The molecule has 6 heteroatoms. The predicted molar refractivity (Wildman–Crippen MR) is 87.2 cm³/mol. The fraction of sp³-hybridized carbons (Fsp3) is 0.846. The highest BCUT2D eigenvalue weighted by Gasteiger charge is 2.39. The monoisotopic (exact) mass is 306 g/mol. The zero-order valence-electron chi connectivity index (χ0n) is 13.8. The normalized spacial score (nSPS) is 15.7. The van der Waals surface area contributed by atoms with Crippen molar-refractivity contribution in [2.24, 2.45) is 0 Å². The molecule has 114 valence electrons. The molecule has 0 aromatic rings. The summed E-state index contributed by atoms with van der Waals surface area (Å²) in [6.45, 7) is 8.52. The molecule has 0 aromatic carbocycles. The molecule has 0 spiro atoms. The predicted octanol–water partition coefficient (Wildman–Crippen LogP) is 3.84. The third-order valence-corrected chi connectivity index (χ3v) is 7.10. The van der Waals surface area contributed by atoms with Crippen LogP contribution < -0.4 is 0 Å². The number of rotatable bonds is 8. The van der Waals surface area contributed by atoms with Crippen molar-refractivity contribution in [1.29, 1.82) is 0 Å². The smallest absolute Gasteiger partial charge is 0.246 e. The third-order valence-electron chi connectivity index (χ3n) is 2.71. The van der Waals surface area contributed by atoms with Crippen LogP contribution in [0.5, 0.6) is 0 Å². The number of unbranched alkanes of at least 4 members (excludes halogenated alkanes) is 1. The van der Waals surface area contributed by atoms with Crippen LogP contribution in [0.4, 0.5) is 0 Å². The molecule has 4 nitrogen and oxygen atoms in total. The Balaban J connectivity index is 5.36. The highest BCUT2D eigenvalue weighted by atomic mass is 31.2. The molecule has 0 rings (SSSR count). The van der Waals surface area contributed by atoms with E-state index in [0.717, 1.165) is 12.8 Å². The summed E-state index contributed by atoms with van der Waals surface area (Å²) in [6, 6.07) is 0. The lowest BCUT2D eigenvalue weighted by Crippen LogP contribution is -2.37. The number of nitrogens with zero attached hydrogens (tertiary/aromatic N) is 2. The quantitative estimate of drug-likeness (QED) is 0.387. The summed E-state index contributed by atoms with van der Waals surface area (Å²) in [4.78, 5) is 0. The van der Waals surface area contributed by atoms with E-state index in [9.17, 15) is 4.57 Å². The Morgan fingerprint density at radius 3 is 1.95 bits per heavy atom. The highest BCUT2D eigenvalue weighted by molar-refractivity contribution is 7.59. The van der Waals surface area contributed by atoms with E-state index in [0.29, 0.717) is 0 Å². The second-order valence-corrected chi connectivity index (χ2v) is 13.9. The van der Waals surface area contributed by atoms with Gasteiger partial charge in [0.15, 0.2) is 8.32 Å². The Labute approximate surface area is 120 Å². The first-order chi connectivity index (χ1) is 8.55. The van der Waals surface area contributed by atoms with Crippen molar-refractivity contribution in [1.82, 2.24) is 9.34 Å². The van der Waals surface area contributed by atoms with Crippen LogP contribution in [-0.4, -0.2) is 51.7 Å². The molecule has 0 bridgehead atoms. The van der Waals surface area contributed by atoms with Gasteiger partial charge in [0.05, 0.1) is 0 Å². The third kappa shape index (κ3) is 5.92. The molecule has 0 saturated carbocycles. The summed E-state index contributed by atoms with van der Waals surface area (Å²) in [7, 11) is 2.95. The molecule has 0 amide bonds. The number of allylic oxidation sites excluding steroid dienone is 1. The van der Waals surface area contributed by atoms with Crippen molar-refractivity contribution in [2.45, 2.75) is 45.3 Å². The van der Waals surface area contributed by atoms with Crippen molar-refractivity contribution < 1.29 is 8.99 Å². The van der Waals surface area contributed by atoms with Gasteiger partial charge in [-0.15, -0.1) is 0 Å². The lowest BCUT2D eigenvalue weighted by Gasteiger charge is -2.38. The molecule has 0 aromatic heterocycles. The maximum atomic E-state index is 13.3. The molecular weight excluding hydrogens is 275 g/mol. The molecule has 0 heterocycles. The van der Waals surface area contributed by atoms with Crippen LogP contribution in [0.3, 0.4) is 0 Å². The lowest BCUT2D eigenvalue weighted by molar-refractivity contribution is 0.281. The van der Waals surface area contributed by atoms with E-state index in [-0.39, 0.29) is 5.85 Å². The first-order valence-corrected chi connectivity index (χ1v) is 11.9. The standard InChI is InChI=1S/C13H31N2O2PSi/c1-9-10-11-12-13(17-19(6,7)8)18(16,14(2)3)15(4)5/h11-13H,9-10H2,1-8H3/b12-11+. The van der Waals surface area contributed by atoms with Gasteiger partial charge in [-0.25, -0.2) is 9.34 Å². The minimum absolute atomic E-state index is 0.351. The van der Waals surface area contributed by atoms with Crippen LogP contribution in [0.25, 0.3) is 0 Å². The molecule has 0 aliphatic rings. The minimum atomic E-state index is -2.72. The summed E-state index contributed by atoms with van der Waals surface area (Å²) in [6.07, 6.45) is 6.16. The maximum Gasteiger partial charge on any atom is 0.246 e. The molecule has 0 aliphatic carbocycles. The molecule has 0 saturated heterocycles. The molecule has 0 fully saturated rings. The van der Waals surface area contributed by atoms with Gasteiger partial charge in [0.1, 0.15) is 5.85 Å². The fourth-order valence-corrected chi connectivity index (χ4v) is 6.05. The van der Waals surface area contributed by atoms with E-state index in [4.69, 9.17) is 4.43 Å². The van der Waals surface area contributed by atoms with Crippen LogP contribution in [-0.2, 0) is 8.99 Å². The molecule has 1 unspecified atom stereocenters. The molecule has 0 radical (unpaired) electrons. The Morgan fingerprint density at radius 2 is 1.63 bits per heavy atom. The van der Waals surface area contributed by atoms with Crippen molar-refractivity contribution in [3.05, 3.63) is 12.2 Å². The van der Waals surface area contributed by atoms with E-state index in [2.05, 4.69) is 32.6 Å². The van der Waals surface area contributed by atoms with Crippen molar-refractivity contribution in [3.8, 4) is 0 Å². The second-order valence-electron chi connectivity index (χ2n) is 6.12. The van der Waals surface area contributed by atoms with Crippen LogP contribution >= 0.6 is 7.44 Å². The Morgan fingerprint density at radius 1 is 1.16 bits per heavy atom. The lowest BCUT2D eigenvalue weighted by atomic mass is 10.3. The van der Waals surface area contributed by atoms with Gasteiger partial charge in [0.2, 0.25) is 7.44 Å². The van der Waals surface area contributed by atoms with Crippen LogP contribution in [0.15, 0.2) is 12.2 Å². The summed E-state index contributed by atoms with van der Waals surface area (Å²) < 4.78 is 23.1. The SMILES string of the molecule is CCC/C=C/C(O[Si](C)(C)C)P(=O)(N(C)C)N(C)C. The van der Waals surface area contributed by atoms with E-state index in [1.54, 1.807) is 9.34 Å². The fourth-order valence-electron chi connectivity index (χ4n) is 1.77. The zero-order valence-corrected chi connectivity index (χ0v) is 15.7. The molecule has 0 aliphatic heterocycles. The minimum Gasteiger partial charge on any atom is -0.402 e. The Bertz CT molecular complexity index is 326. The van der Waals surface area contributed by atoms with Gasteiger partial charge >= 0.3 is 0 Å². The first-order valence-electron chi connectivity index (χ1n) is 6.85. The maximum absolute atomic E-state index is 13.3. The highest BCUT2D eigenvalue weighted by Crippen LogP contribution is 2.55. The topological polar surface area (TPSA) is 32.8 Å². The number of hydrogen-bond donors (Lipinski definition) is 0. The second kappa shape index (κ2) is 7.74. The van der Waals surface area contributed by atoms with Crippen molar-refractivity contribution in [2.75, 3.05) is 28.2 Å². The van der Waals surface area contributed by atoms with Gasteiger partial charge in [-0.3, -0.25) is 4.57 Å². The van der Waals surface area contributed by atoms with Gasteiger partial charge in [-0.2, -0.15) is 0 Å². The van der Waals surface area contributed by atoms with Crippen molar-refractivity contribution >= 4 is 15.8 Å². The summed E-state index contributed by atoms with van der Waals surface area (Å²) >= 11 is 0. The molecular formula is C13H31N2O2PSi. The number of hydrogen-bond acceptors (Lipinski definition) is 2. The Kier molecular flexibility index (Phi) is 7.77. The summed E-state index contributed by atoms with van der Waals surface area (Å²) in [5.41, 5.74) is 0. The van der Waals surface area contributed by atoms with E-state index in [1.807, 2.05) is 34.3 Å². The van der Waals surface area contributed by atoms with E-state index >= 15 is 0 Å². The van der Waals surface area contributed by atoms with Crippen LogP contribution in [0, 0.1) is 0 Å². The first kappa shape index (κ1) is 19.1. The molecule has 19 heavy (non-hydrogen) atoms. The van der Waals surface area contributed by atoms with Crippen LogP contribution in [0.1, 0.15) is 19.8 Å². The summed E-state index contributed by atoms with van der Waals surface area (Å²) in [5.74, 6) is -0.351. The average Bonchev–Trinajstić information content (AvgIpc) is 2.24. The van der Waals surface area contributed by atoms with E-state index < -0.39 is 15.8 Å². The van der Waals surface area contributed by atoms with E-state index in [1.165, 1.54) is 0 Å². The van der Waals surface area contributed by atoms with Crippen LogP contribution in [0.2, 0.25) is 19.6 Å². The Hall–Kier alpha value is 0.0669. The zero-order chi connectivity index (χ0) is 15.3. The average molecular weight is 306 g/mol. The van der Waals surface area contributed by atoms with Gasteiger partial charge in [0, 0.05) is 0 Å². The van der Waals surface area contributed by atoms with Gasteiger partial charge in [-0.05, 0) is 54.3 Å².